The van der Waals surface area contributed by atoms with Crippen LogP contribution in [0.15, 0.2) is 54.6 Å². The van der Waals surface area contributed by atoms with Gasteiger partial charge in [0.2, 0.25) is 0 Å². The number of benzene rings is 2. The Bertz CT molecular complexity index is 675. The minimum atomic E-state index is -0.204. The lowest BCUT2D eigenvalue weighted by Gasteiger charge is -2.08. The van der Waals surface area contributed by atoms with Crippen LogP contribution in [-0.2, 0) is 0 Å². The van der Waals surface area contributed by atoms with Crippen molar-refractivity contribution in [1.82, 2.24) is 0 Å². The Hall–Kier alpha value is -1.71. The quantitative estimate of drug-likeness (QED) is 0.735. The van der Waals surface area contributed by atoms with Gasteiger partial charge in [0.05, 0.1) is 6.04 Å². The summed E-state index contributed by atoms with van der Waals surface area (Å²) >= 11 is 1.55. The van der Waals surface area contributed by atoms with Crippen molar-refractivity contribution in [3.05, 3.63) is 70.9 Å². The van der Waals surface area contributed by atoms with Crippen LogP contribution in [0, 0.1) is 5.82 Å². The molecule has 2 aromatic carbocycles. The lowest BCUT2D eigenvalue weighted by atomic mass is 10.1. The predicted molar refractivity (Wildman–Crippen MR) is 74.3 cm³/mol. The van der Waals surface area contributed by atoms with Gasteiger partial charge in [-0.1, -0.05) is 36.4 Å². The summed E-state index contributed by atoms with van der Waals surface area (Å²) in [6, 6.07) is 16.7. The number of halogens is 1. The second-order valence-electron chi connectivity index (χ2n) is 4.22. The van der Waals surface area contributed by atoms with Gasteiger partial charge in [-0.05, 0) is 29.1 Å². The Morgan fingerprint density at radius 2 is 1.78 bits per heavy atom. The second kappa shape index (κ2) is 4.52. The fourth-order valence-corrected chi connectivity index (χ4v) is 3.12. The van der Waals surface area contributed by atoms with Crippen molar-refractivity contribution >= 4 is 21.4 Å². The first-order valence-electron chi connectivity index (χ1n) is 5.73. The molecule has 0 bridgehead atoms. The van der Waals surface area contributed by atoms with Crippen LogP contribution in [0.2, 0.25) is 0 Å². The molecular formula is C15H12FNS. The molecule has 1 nitrogen and oxygen atoms in total. The molecule has 0 amide bonds. The largest absolute Gasteiger partial charge is 0.320 e. The van der Waals surface area contributed by atoms with E-state index in [9.17, 15) is 4.39 Å². The molecule has 0 spiro atoms. The van der Waals surface area contributed by atoms with Crippen LogP contribution < -0.4 is 5.73 Å². The number of rotatable bonds is 2. The molecular weight excluding hydrogens is 245 g/mol. The third-order valence-corrected chi connectivity index (χ3v) is 4.15. The minimum Gasteiger partial charge on any atom is -0.320 e. The molecule has 0 aliphatic heterocycles. The summed E-state index contributed by atoms with van der Waals surface area (Å²) in [7, 11) is 0. The van der Waals surface area contributed by atoms with E-state index in [1.54, 1.807) is 23.5 Å². The van der Waals surface area contributed by atoms with E-state index in [4.69, 9.17) is 5.73 Å². The Balaban J connectivity index is 2.04. The average Bonchev–Trinajstić information content (AvgIpc) is 2.81. The standard InChI is InChI=1S/C15H12FNS/c16-12-7-6-11-8-14(18-13(11)9-12)15(17)10-4-2-1-3-5-10/h1-9,15H,17H2. The third-order valence-electron chi connectivity index (χ3n) is 2.97. The van der Waals surface area contributed by atoms with Gasteiger partial charge in [0.15, 0.2) is 0 Å². The van der Waals surface area contributed by atoms with Crippen LogP contribution in [0.5, 0.6) is 0 Å². The Labute approximate surface area is 109 Å². The summed E-state index contributed by atoms with van der Waals surface area (Å²) < 4.78 is 14.1. The first kappa shape index (κ1) is 11.4. The van der Waals surface area contributed by atoms with Gasteiger partial charge in [0.25, 0.3) is 0 Å². The van der Waals surface area contributed by atoms with E-state index < -0.39 is 0 Å². The van der Waals surface area contributed by atoms with Gasteiger partial charge in [0.1, 0.15) is 5.82 Å². The SMILES string of the molecule is NC(c1ccccc1)c1cc2ccc(F)cc2s1. The highest BCUT2D eigenvalue weighted by Gasteiger charge is 2.12. The van der Waals surface area contributed by atoms with Crippen LogP contribution in [0.1, 0.15) is 16.5 Å². The van der Waals surface area contributed by atoms with E-state index in [-0.39, 0.29) is 11.9 Å². The van der Waals surface area contributed by atoms with Crippen molar-refractivity contribution in [2.45, 2.75) is 6.04 Å². The average molecular weight is 257 g/mol. The third kappa shape index (κ3) is 2.03. The number of thiophene rings is 1. The molecule has 0 aliphatic carbocycles. The highest BCUT2D eigenvalue weighted by Crippen LogP contribution is 2.32. The molecule has 1 heterocycles. The van der Waals surface area contributed by atoms with Crippen LogP contribution >= 0.6 is 11.3 Å². The highest BCUT2D eigenvalue weighted by molar-refractivity contribution is 7.19. The van der Waals surface area contributed by atoms with Crippen LogP contribution in [0.3, 0.4) is 0 Å². The molecule has 3 aromatic rings. The number of hydrogen-bond acceptors (Lipinski definition) is 2. The summed E-state index contributed by atoms with van der Waals surface area (Å²) in [5.41, 5.74) is 7.31. The van der Waals surface area contributed by atoms with Gasteiger partial charge < -0.3 is 5.73 Å². The van der Waals surface area contributed by atoms with Crippen LogP contribution in [-0.4, -0.2) is 0 Å². The van der Waals surface area contributed by atoms with Gasteiger partial charge in [0, 0.05) is 9.58 Å². The van der Waals surface area contributed by atoms with E-state index in [0.29, 0.717) is 0 Å². The predicted octanol–water partition coefficient (Wildman–Crippen LogP) is 4.09. The maximum atomic E-state index is 13.1. The maximum Gasteiger partial charge on any atom is 0.124 e. The summed E-state index contributed by atoms with van der Waals surface area (Å²) in [6.07, 6.45) is 0. The summed E-state index contributed by atoms with van der Waals surface area (Å²) in [4.78, 5) is 1.06. The molecule has 1 unspecified atom stereocenters. The lowest BCUT2D eigenvalue weighted by Crippen LogP contribution is -2.09. The molecule has 0 fully saturated rings. The minimum absolute atomic E-state index is 0.147. The Morgan fingerprint density at radius 1 is 1.00 bits per heavy atom. The van der Waals surface area contributed by atoms with Crippen LogP contribution in [0.4, 0.5) is 4.39 Å². The maximum absolute atomic E-state index is 13.1. The fourth-order valence-electron chi connectivity index (χ4n) is 2.00. The molecule has 1 atom stereocenters. The first-order chi connectivity index (χ1) is 8.74. The molecule has 90 valence electrons. The molecule has 1 aromatic heterocycles. The van der Waals surface area contributed by atoms with E-state index in [2.05, 4.69) is 0 Å². The first-order valence-corrected chi connectivity index (χ1v) is 6.55. The molecule has 0 saturated heterocycles. The summed E-state index contributed by atoms with van der Waals surface area (Å²) in [6.45, 7) is 0. The van der Waals surface area contributed by atoms with Gasteiger partial charge in [-0.15, -0.1) is 11.3 Å². The van der Waals surface area contributed by atoms with Gasteiger partial charge in [-0.2, -0.15) is 0 Å². The van der Waals surface area contributed by atoms with Gasteiger partial charge in [-0.25, -0.2) is 4.39 Å². The topological polar surface area (TPSA) is 26.0 Å². The molecule has 0 saturated carbocycles. The number of fused-ring (bicyclic) bond motifs is 1. The van der Waals surface area contributed by atoms with Crippen molar-refractivity contribution < 1.29 is 4.39 Å². The fraction of sp³-hybridized carbons (Fsp3) is 0.0667. The van der Waals surface area contributed by atoms with Crippen molar-refractivity contribution in [3.63, 3.8) is 0 Å². The summed E-state index contributed by atoms with van der Waals surface area (Å²) in [5, 5.41) is 1.04. The zero-order chi connectivity index (χ0) is 12.5. The molecule has 3 heteroatoms. The second-order valence-corrected chi connectivity index (χ2v) is 5.33. The summed E-state index contributed by atoms with van der Waals surface area (Å²) in [5.74, 6) is -0.204. The Morgan fingerprint density at radius 3 is 2.56 bits per heavy atom. The van der Waals surface area contributed by atoms with E-state index in [1.165, 1.54) is 6.07 Å². The van der Waals surface area contributed by atoms with Crippen molar-refractivity contribution in [1.29, 1.82) is 0 Å². The molecule has 3 rings (SSSR count). The number of nitrogens with two attached hydrogens (primary N) is 1. The van der Waals surface area contributed by atoms with Crippen molar-refractivity contribution in [2.24, 2.45) is 5.73 Å². The van der Waals surface area contributed by atoms with E-state index in [0.717, 1.165) is 20.5 Å². The van der Waals surface area contributed by atoms with E-state index >= 15 is 0 Å². The van der Waals surface area contributed by atoms with Gasteiger partial charge >= 0.3 is 0 Å². The zero-order valence-electron chi connectivity index (χ0n) is 9.64. The van der Waals surface area contributed by atoms with Crippen molar-refractivity contribution in [2.75, 3.05) is 0 Å². The highest BCUT2D eigenvalue weighted by atomic mass is 32.1. The normalized spacial score (nSPS) is 12.8. The van der Waals surface area contributed by atoms with Gasteiger partial charge in [-0.3, -0.25) is 0 Å². The lowest BCUT2D eigenvalue weighted by molar-refractivity contribution is 0.630. The molecule has 0 aliphatic rings. The Kier molecular flexibility index (Phi) is 2.86. The van der Waals surface area contributed by atoms with Crippen LogP contribution in [0.25, 0.3) is 10.1 Å². The zero-order valence-corrected chi connectivity index (χ0v) is 10.5. The molecule has 18 heavy (non-hydrogen) atoms. The van der Waals surface area contributed by atoms with Crippen molar-refractivity contribution in [3.8, 4) is 0 Å². The monoisotopic (exact) mass is 257 g/mol. The number of hydrogen-bond donors (Lipinski definition) is 1. The molecule has 0 radical (unpaired) electrons. The smallest absolute Gasteiger partial charge is 0.124 e. The molecule has 2 N–H and O–H groups in total. The van der Waals surface area contributed by atoms with E-state index in [1.807, 2.05) is 36.4 Å².